The van der Waals surface area contributed by atoms with Gasteiger partial charge in [0.15, 0.2) is 0 Å². The monoisotopic (exact) mass is 311 g/mol. The molecule has 2 atom stereocenters. The molecule has 1 N–H and O–H groups in total. The summed E-state index contributed by atoms with van der Waals surface area (Å²) in [6.45, 7) is 12.5. The van der Waals surface area contributed by atoms with Crippen LogP contribution >= 0.6 is 11.6 Å². The Hall–Kier alpha value is -0.570. The molecule has 3 heteroatoms. The predicted octanol–water partition coefficient (Wildman–Crippen LogP) is 4.62. The molecule has 1 aromatic carbocycles. The van der Waals surface area contributed by atoms with E-state index in [4.69, 9.17) is 16.3 Å². The normalized spacial score (nSPS) is 14.4. The first-order valence-corrected chi connectivity index (χ1v) is 8.47. The largest absolute Gasteiger partial charge is 0.377 e. The summed E-state index contributed by atoms with van der Waals surface area (Å²) in [5, 5.41) is 4.50. The molecule has 120 valence electrons. The molecule has 0 fully saturated rings. The number of halogens is 1. The van der Waals surface area contributed by atoms with Crippen molar-refractivity contribution < 1.29 is 4.74 Å². The van der Waals surface area contributed by atoms with Crippen molar-refractivity contribution in [3.8, 4) is 0 Å². The summed E-state index contributed by atoms with van der Waals surface area (Å²) >= 11 is 6.40. The second-order valence-electron chi connectivity index (χ2n) is 6.02. The lowest BCUT2D eigenvalue weighted by Crippen LogP contribution is -2.46. The van der Waals surface area contributed by atoms with Crippen molar-refractivity contribution in [3.63, 3.8) is 0 Å². The van der Waals surface area contributed by atoms with Gasteiger partial charge in [-0.15, -0.1) is 0 Å². The van der Waals surface area contributed by atoms with Gasteiger partial charge in [0.1, 0.15) is 0 Å². The molecule has 2 nitrogen and oxygen atoms in total. The average molecular weight is 312 g/mol. The second kappa shape index (κ2) is 9.45. The lowest BCUT2D eigenvalue weighted by atomic mass is 9.93. The second-order valence-corrected chi connectivity index (χ2v) is 6.43. The Morgan fingerprint density at radius 1 is 1.24 bits per heavy atom. The summed E-state index contributed by atoms with van der Waals surface area (Å²) in [6.07, 6.45) is 2.23. The van der Waals surface area contributed by atoms with Crippen LogP contribution in [0.5, 0.6) is 0 Å². The molecule has 0 radical (unpaired) electrons. The van der Waals surface area contributed by atoms with Crippen LogP contribution in [0.15, 0.2) is 18.2 Å². The number of hydrogen-bond acceptors (Lipinski definition) is 2. The van der Waals surface area contributed by atoms with E-state index in [0.29, 0.717) is 12.0 Å². The fourth-order valence-corrected chi connectivity index (χ4v) is 2.97. The van der Waals surface area contributed by atoms with Crippen LogP contribution in [0.3, 0.4) is 0 Å². The third-order valence-electron chi connectivity index (χ3n) is 3.72. The Morgan fingerprint density at radius 3 is 2.48 bits per heavy atom. The maximum atomic E-state index is 6.40. The molecule has 0 saturated heterocycles. The van der Waals surface area contributed by atoms with E-state index in [9.17, 15) is 0 Å². The van der Waals surface area contributed by atoms with E-state index in [-0.39, 0.29) is 6.10 Å². The van der Waals surface area contributed by atoms with E-state index in [1.165, 1.54) is 11.1 Å². The van der Waals surface area contributed by atoms with Crippen molar-refractivity contribution in [3.05, 3.63) is 34.3 Å². The first-order chi connectivity index (χ1) is 9.99. The van der Waals surface area contributed by atoms with Crippen molar-refractivity contribution >= 4 is 11.6 Å². The standard InChI is InChI=1S/C18H30ClNO/c1-6-10-20-17(18(13(3)4)21-7-2)12-15-9-8-14(5)11-16(15)19/h8-9,11,13,17-18,20H,6-7,10,12H2,1-5H3. The topological polar surface area (TPSA) is 21.3 Å². The van der Waals surface area contributed by atoms with Gasteiger partial charge in [0.05, 0.1) is 6.10 Å². The van der Waals surface area contributed by atoms with Crippen molar-refractivity contribution in [1.82, 2.24) is 5.32 Å². The zero-order valence-electron chi connectivity index (χ0n) is 14.1. The highest BCUT2D eigenvalue weighted by molar-refractivity contribution is 6.31. The maximum absolute atomic E-state index is 6.40. The zero-order valence-corrected chi connectivity index (χ0v) is 14.8. The van der Waals surface area contributed by atoms with Crippen LogP contribution in [0, 0.1) is 12.8 Å². The van der Waals surface area contributed by atoms with Gasteiger partial charge in [-0.1, -0.05) is 44.5 Å². The van der Waals surface area contributed by atoms with E-state index in [2.05, 4.69) is 52.1 Å². The van der Waals surface area contributed by atoms with Gasteiger partial charge in [-0.3, -0.25) is 0 Å². The summed E-state index contributed by atoms with van der Waals surface area (Å²) in [7, 11) is 0. The fourth-order valence-electron chi connectivity index (χ4n) is 2.65. The van der Waals surface area contributed by atoms with Gasteiger partial charge in [-0.2, -0.15) is 0 Å². The Kier molecular flexibility index (Phi) is 8.31. The molecule has 0 bridgehead atoms. The van der Waals surface area contributed by atoms with E-state index in [1.807, 2.05) is 6.07 Å². The number of hydrogen-bond donors (Lipinski definition) is 1. The average Bonchev–Trinajstić information content (AvgIpc) is 2.43. The zero-order chi connectivity index (χ0) is 15.8. The van der Waals surface area contributed by atoms with Crippen LogP contribution in [0.25, 0.3) is 0 Å². The lowest BCUT2D eigenvalue weighted by Gasteiger charge is -2.31. The fraction of sp³-hybridized carbons (Fsp3) is 0.667. The van der Waals surface area contributed by atoms with Gasteiger partial charge in [-0.25, -0.2) is 0 Å². The first kappa shape index (κ1) is 18.5. The number of rotatable bonds is 9. The van der Waals surface area contributed by atoms with Gasteiger partial charge in [0, 0.05) is 17.7 Å². The van der Waals surface area contributed by atoms with Crippen molar-refractivity contribution in [2.45, 2.75) is 59.6 Å². The number of ether oxygens (including phenoxy) is 1. The van der Waals surface area contributed by atoms with Crippen LogP contribution in [-0.2, 0) is 11.2 Å². The Morgan fingerprint density at radius 2 is 1.95 bits per heavy atom. The highest BCUT2D eigenvalue weighted by Crippen LogP contribution is 2.22. The molecule has 0 spiro atoms. The first-order valence-electron chi connectivity index (χ1n) is 8.09. The van der Waals surface area contributed by atoms with Gasteiger partial charge < -0.3 is 10.1 Å². The summed E-state index contributed by atoms with van der Waals surface area (Å²) in [6, 6.07) is 6.61. The van der Waals surface area contributed by atoms with Crippen LogP contribution in [-0.4, -0.2) is 25.3 Å². The third kappa shape index (κ3) is 5.98. The Labute approximate surface area is 135 Å². The Balaban J connectivity index is 2.89. The smallest absolute Gasteiger partial charge is 0.0753 e. The van der Waals surface area contributed by atoms with E-state index in [0.717, 1.165) is 31.0 Å². The summed E-state index contributed by atoms with van der Waals surface area (Å²) in [4.78, 5) is 0. The minimum absolute atomic E-state index is 0.207. The molecule has 0 aliphatic heterocycles. The number of aryl methyl sites for hydroxylation is 1. The quantitative estimate of drug-likeness (QED) is 0.718. The molecule has 1 aromatic rings. The minimum Gasteiger partial charge on any atom is -0.377 e. The molecule has 1 rings (SSSR count). The van der Waals surface area contributed by atoms with Crippen LogP contribution in [0.4, 0.5) is 0 Å². The molecule has 0 aliphatic carbocycles. The van der Waals surface area contributed by atoms with E-state index >= 15 is 0 Å². The van der Waals surface area contributed by atoms with E-state index < -0.39 is 0 Å². The minimum atomic E-state index is 0.207. The summed E-state index contributed by atoms with van der Waals surface area (Å²) in [5.41, 5.74) is 2.40. The third-order valence-corrected chi connectivity index (χ3v) is 4.07. The van der Waals surface area contributed by atoms with Gasteiger partial charge in [-0.05, 0) is 56.3 Å². The van der Waals surface area contributed by atoms with Crippen LogP contribution in [0.1, 0.15) is 45.2 Å². The molecule has 0 heterocycles. The Bertz CT molecular complexity index is 420. The molecular formula is C18H30ClNO. The van der Waals surface area contributed by atoms with E-state index in [1.54, 1.807) is 0 Å². The molecule has 0 aromatic heterocycles. The highest BCUT2D eigenvalue weighted by Gasteiger charge is 2.25. The molecule has 21 heavy (non-hydrogen) atoms. The molecule has 0 aliphatic rings. The van der Waals surface area contributed by atoms with Gasteiger partial charge in [0.2, 0.25) is 0 Å². The van der Waals surface area contributed by atoms with Crippen LogP contribution < -0.4 is 5.32 Å². The van der Waals surface area contributed by atoms with Crippen molar-refractivity contribution in [1.29, 1.82) is 0 Å². The number of benzene rings is 1. The molecular weight excluding hydrogens is 282 g/mol. The SMILES string of the molecule is CCCNC(Cc1ccc(C)cc1Cl)C(OCC)C(C)C. The van der Waals surface area contributed by atoms with Crippen molar-refractivity contribution in [2.24, 2.45) is 5.92 Å². The molecule has 2 unspecified atom stereocenters. The number of nitrogens with one attached hydrogen (secondary N) is 1. The molecule has 0 amide bonds. The van der Waals surface area contributed by atoms with Crippen molar-refractivity contribution in [2.75, 3.05) is 13.2 Å². The van der Waals surface area contributed by atoms with Crippen LogP contribution in [0.2, 0.25) is 5.02 Å². The highest BCUT2D eigenvalue weighted by atomic mass is 35.5. The van der Waals surface area contributed by atoms with Gasteiger partial charge >= 0.3 is 0 Å². The van der Waals surface area contributed by atoms with Gasteiger partial charge in [0.25, 0.3) is 0 Å². The summed E-state index contributed by atoms with van der Waals surface area (Å²) in [5.74, 6) is 0.475. The summed E-state index contributed by atoms with van der Waals surface area (Å²) < 4.78 is 5.99. The predicted molar refractivity (Wildman–Crippen MR) is 92.2 cm³/mol. The lowest BCUT2D eigenvalue weighted by molar-refractivity contribution is 0.00362. The molecule has 0 saturated carbocycles. The maximum Gasteiger partial charge on any atom is 0.0753 e.